The van der Waals surface area contributed by atoms with E-state index in [-0.39, 0.29) is 22.0 Å². The maximum atomic E-state index is 12.4. The molecule has 7 heteroatoms. The number of phenols is 1. The number of carbonyl (C=O) groups excluding carboxylic acids is 2. The first-order valence-electron chi connectivity index (χ1n) is 7.65. The molecule has 3 aromatic rings. The number of nitrogens with one attached hydrogen (secondary N) is 2. The van der Waals surface area contributed by atoms with E-state index >= 15 is 0 Å². The Labute approximate surface area is 159 Å². The van der Waals surface area contributed by atoms with Gasteiger partial charge in [-0.1, -0.05) is 47.5 Å². The minimum atomic E-state index is -0.788. The molecule has 3 aromatic carbocycles. The topological polar surface area (TPSA) is 78.4 Å². The molecule has 0 aliphatic heterocycles. The Morgan fingerprint density at radius 1 is 1.04 bits per heavy atom. The summed E-state index contributed by atoms with van der Waals surface area (Å²) in [6, 6.07) is 12.7. The van der Waals surface area contributed by atoms with E-state index in [0.717, 1.165) is 10.8 Å². The number of imide groups is 1. The van der Waals surface area contributed by atoms with Gasteiger partial charge in [-0.3, -0.25) is 10.1 Å². The third kappa shape index (κ3) is 3.59. The van der Waals surface area contributed by atoms with E-state index in [9.17, 15) is 14.7 Å². The first kappa shape index (κ1) is 18.0. The monoisotopic (exact) mass is 388 g/mol. The molecule has 0 aliphatic carbocycles. The predicted octanol–water partition coefficient (Wildman–Crippen LogP) is 5.12. The molecule has 0 radical (unpaired) electrons. The SMILES string of the molecule is Cc1c(O)c(C(=O)NC(=O)Nc2cc(Cl)ccc2Cl)cc2ccccc12. The highest BCUT2D eigenvalue weighted by atomic mass is 35.5. The number of phenolic OH excluding ortho intramolecular Hbond substituents is 1. The van der Waals surface area contributed by atoms with Gasteiger partial charge >= 0.3 is 6.03 Å². The van der Waals surface area contributed by atoms with E-state index in [1.54, 1.807) is 13.0 Å². The van der Waals surface area contributed by atoms with E-state index in [2.05, 4.69) is 10.6 Å². The Kier molecular flexibility index (Phi) is 5.02. The Morgan fingerprint density at radius 3 is 2.54 bits per heavy atom. The van der Waals surface area contributed by atoms with Gasteiger partial charge in [0.25, 0.3) is 5.91 Å². The van der Waals surface area contributed by atoms with Crippen molar-refractivity contribution in [3.05, 3.63) is 69.7 Å². The van der Waals surface area contributed by atoms with Gasteiger partial charge in [0.05, 0.1) is 16.3 Å². The third-order valence-electron chi connectivity index (χ3n) is 3.92. The van der Waals surface area contributed by atoms with Gasteiger partial charge in [-0.25, -0.2) is 4.79 Å². The van der Waals surface area contributed by atoms with Gasteiger partial charge in [0.1, 0.15) is 5.75 Å². The van der Waals surface area contributed by atoms with Crippen molar-refractivity contribution in [3.8, 4) is 5.75 Å². The van der Waals surface area contributed by atoms with Crippen molar-refractivity contribution >= 4 is 51.6 Å². The van der Waals surface area contributed by atoms with E-state index in [1.165, 1.54) is 18.2 Å². The van der Waals surface area contributed by atoms with Crippen molar-refractivity contribution in [1.29, 1.82) is 0 Å². The Hall–Kier alpha value is -2.76. The molecule has 0 saturated carbocycles. The average molecular weight is 389 g/mol. The summed E-state index contributed by atoms with van der Waals surface area (Å²) < 4.78 is 0. The number of hydrogen-bond donors (Lipinski definition) is 3. The molecule has 0 unspecified atom stereocenters. The molecule has 0 saturated heterocycles. The highest BCUT2D eigenvalue weighted by molar-refractivity contribution is 6.35. The molecule has 0 aliphatic rings. The summed E-state index contributed by atoms with van der Waals surface area (Å²) in [6.45, 7) is 1.71. The van der Waals surface area contributed by atoms with Crippen LogP contribution in [0.15, 0.2) is 48.5 Å². The quantitative estimate of drug-likeness (QED) is 0.569. The summed E-state index contributed by atoms with van der Waals surface area (Å²) in [4.78, 5) is 24.5. The molecular formula is C19H14Cl2N2O3. The van der Waals surface area contributed by atoms with Crippen LogP contribution in [0.2, 0.25) is 10.0 Å². The van der Waals surface area contributed by atoms with E-state index in [1.807, 2.05) is 24.3 Å². The molecule has 5 nitrogen and oxygen atoms in total. The van der Waals surface area contributed by atoms with Crippen molar-refractivity contribution in [1.82, 2.24) is 5.32 Å². The Balaban J connectivity index is 1.84. The number of amides is 3. The van der Waals surface area contributed by atoms with Crippen LogP contribution in [0.5, 0.6) is 5.75 Å². The van der Waals surface area contributed by atoms with Crippen molar-refractivity contribution in [2.24, 2.45) is 0 Å². The molecule has 0 heterocycles. The Morgan fingerprint density at radius 2 is 1.77 bits per heavy atom. The first-order valence-corrected chi connectivity index (χ1v) is 8.41. The zero-order valence-electron chi connectivity index (χ0n) is 13.6. The number of urea groups is 1. The van der Waals surface area contributed by atoms with Gasteiger partial charge in [-0.2, -0.15) is 0 Å². The first-order chi connectivity index (χ1) is 12.4. The van der Waals surface area contributed by atoms with Crippen molar-refractivity contribution in [2.45, 2.75) is 6.92 Å². The number of benzene rings is 3. The highest BCUT2D eigenvalue weighted by Gasteiger charge is 2.18. The molecule has 3 amide bonds. The molecule has 0 bridgehead atoms. The van der Waals surface area contributed by atoms with Crippen LogP contribution in [0.4, 0.5) is 10.5 Å². The molecule has 132 valence electrons. The van der Waals surface area contributed by atoms with Crippen LogP contribution in [-0.4, -0.2) is 17.0 Å². The lowest BCUT2D eigenvalue weighted by Crippen LogP contribution is -2.34. The molecule has 3 rings (SSSR count). The van der Waals surface area contributed by atoms with Gasteiger partial charge in [0.2, 0.25) is 0 Å². The number of rotatable bonds is 2. The molecule has 3 N–H and O–H groups in total. The molecular weight excluding hydrogens is 375 g/mol. The third-order valence-corrected chi connectivity index (χ3v) is 4.49. The van der Waals surface area contributed by atoms with Gasteiger partial charge in [0.15, 0.2) is 0 Å². The van der Waals surface area contributed by atoms with Crippen LogP contribution in [-0.2, 0) is 0 Å². The van der Waals surface area contributed by atoms with Crippen LogP contribution >= 0.6 is 23.2 Å². The van der Waals surface area contributed by atoms with Crippen LogP contribution < -0.4 is 10.6 Å². The maximum absolute atomic E-state index is 12.4. The highest BCUT2D eigenvalue weighted by Crippen LogP contribution is 2.30. The van der Waals surface area contributed by atoms with E-state index in [0.29, 0.717) is 10.6 Å². The second-order valence-electron chi connectivity index (χ2n) is 5.65. The second-order valence-corrected chi connectivity index (χ2v) is 6.49. The summed E-state index contributed by atoms with van der Waals surface area (Å²) in [5.41, 5.74) is 0.837. The molecule has 0 fully saturated rings. The fraction of sp³-hybridized carbons (Fsp3) is 0.0526. The van der Waals surface area contributed by atoms with E-state index in [4.69, 9.17) is 23.2 Å². The minimum Gasteiger partial charge on any atom is -0.507 e. The standard InChI is InChI=1S/C19H14Cl2N2O3/c1-10-13-5-3-2-4-11(13)8-14(17(10)24)18(25)23-19(26)22-16-9-12(20)6-7-15(16)21/h2-9,24H,1H3,(H2,22,23,25,26). The lowest BCUT2D eigenvalue weighted by molar-refractivity contribution is 0.0964. The van der Waals surface area contributed by atoms with Crippen molar-refractivity contribution < 1.29 is 14.7 Å². The fourth-order valence-corrected chi connectivity index (χ4v) is 2.95. The van der Waals surface area contributed by atoms with Gasteiger partial charge in [0, 0.05) is 5.02 Å². The molecule has 0 spiro atoms. The minimum absolute atomic E-state index is 0.00791. The number of fused-ring (bicyclic) bond motifs is 1. The zero-order valence-corrected chi connectivity index (χ0v) is 15.2. The lowest BCUT2D eigenvalue weighted by atomic mass is 10.00. The van der Waals surface area contributed by atoms with Crippen LogP contribution in [0.25, 0.3) is 10.8 Å². The lowest BCUT2D eigenvalue weighted by Gasteiger charge is -2.12. The summed E-state index contributed by atoms with van der Waals surface area (Å²) in [5.74, 6) is -0.901. The summed E-state index contributed by atoms with van der Waals surface area (Å²) in [5, 5.41) is 17.2. The number of hydrogen-bond acceptors (Lipinski definition) is 3. The van der Waals surface area contributed by atoms with Gasteiger partial charge in [-0.15, -0.1) is 0 Å². The number of aryl methyl sites for hydroxylation is 1. The van der Waals surface area contributed by atoms with Crippen molar-refractivity contribution in [3.63, 3.8) is 0 Å². The van der Waals surface area contributed by atoms with E-state index < -0.39 is 11.9 Å². The Bertz CT molecular complexity index is 1030. The second kappa shape index (κ2) is 7.23. The largest absolute Gasteiger partial charge is 0.507 e. The van der Waals surface area contributed by atoms with Gasteiger partial charge < -0.3 is 10.4 Å². The number of aromatic hydroxyl groups is 1. The average Bonchev–Trinajstić information content (AvgIpc) is 2.61. The predicted molar refractivity (Wildman–Crippen MR) is 103 cm³/mol. The number of halogens is 2. The molecule has 26 heavy (non-hydrogen) atoms. The van der Waals surface area contributed by atoms with Crippen molar-refractivity contribution in [2.75, 3.05) is 5.32 Å². The molecule has 0 atom stereocenters. The summed E-state index contributed by atoms with van der Waals surface area (Å²) in [6.07, 6.45) is 0. The maximum Gasteiger partial charge on any atom is 0.326 e. The molecule has 0 aromatic heterocycles. The summed E-state index contributed by atoms with van der Waals surface area (Å²) in [7, 11) is 0. The van der Waals surface area contributed by atoms with Crippen LogP contribution in [0.3, 0.4) is 0 Å². The smallest absolute Gasteiger partial charge is 0.326 e. The van der Waals surface area contributed by atoms with Crippen LogP contribution in [0, 0.1) is 6.92 Å². The zero-order chi connectivity index (χ0) is 18.8. The number of anilines is 1. The number of carbonyl (C=O) groups is 2. The fourth-order valence-electron chi connectivity index (χ4n) is 2.61. The summed E-state index contributed by atoms with van der Waals surface area (Å²) >= 11 is 11.8. The normalized spacial score (nSPS) is 10.6. The van der Waals surface area contributed by atoms with Gasteiger partial charge in [-0.05, 0) is 47.5 Å². The van der Waals surface area contributed by atoms with Crippen LogP contribution in [0.1, 0.15) is 15.9 Å².